The molecule has 1 fully saturated rings. The highest BCUT2D eigenvalue weighted by Gasteiger charge is 2.26. The first-order valence-electron chi connectivity index (χ1n) is 7.46. The van der Waals surface area contributed by atoms with Crippen molar-refractivity contribution in [1.29, 1.82) is 0 Å². The Morgan fingerprint density at radius 3 is 2.95 bits per heavy atom. The maximum atomic E-state index is 12.0. The molecule has 2 rings (SSSR count). The summed E-state index contributed by atoms with van der Waals surface area (Å²) in [4.78, 5) is 12.0. The minimum absolute atomic E-state index is 0.0289. The maximum Gasteiger partial charge on any atom is 0.237 e. The molecule has 110 valence electrons. The Morgan fingerprint density at radius 2 is 2.20 bits per heavy atom. The van der Waals surface area contributed by atoms with Gasteiger partial charge >= 0.3 is 0 Å². The van der Waals surface area contributed by atoms with Crippen LogP contribution in [0.25, 0.3) is 0 Å². The van der Waals surface area contributed by atoms with Crippen molar-refractivity contribution in [1.82, 2.24) is 10.6 Å². The molecule has 4 nitrogen and oxygen atoms in total. The fourth-order valence-corrected chi connectivity index (χ4v) is 2.50. The third-order valence-corrected chi connectivity index (χ3v) is 3.68. The van der Waals surface area contributed by atoms with Crippen molar-refractivity contribution in [2.45, 2.75) is 32.2 Å². The maximum absolute atomic E-state index is 12.0. The fourth-order valence-electron chi connectivity index (χ4n) is 2.50. The lowest BCUT2D eigenvalue weighted by molar-refractivity contribution is -0.124. The number of rotatable bonds is 6. The quantitative estimate of drug-likeness (QED) is 0.781. The van der Waals surface area contributed by atoms with Gasteiger partial charge in [0, 0.05) is 6.54 Å². The van der Waals surface area contributed by atoms with E-state index in [4.69, 9.17) is 4.74 Å². The van der Waals surface area contributed by atoms with Crippen LogP contribution in [-0.2, 0) is 4.79 Å². The second-order valence-corrected chi connectivity index (χ2v) is 5.36. The number of benzene rings is 1. The fraction of sp³-hybridized carbons (Fsp3) is 0.562. The Labute approximate surface area is 120 Å². The van der Waals surface area contributed by atoms with Crippen molar-refractivity contribution >= 4 is 5.91 Å². The lowest BCUT2D eigenvalue weighted by atomic mass is 9.92. The van der Waals surface area contributed by atoms with Crippen molar-refractivity contribution in [3.05, 3.63) is 30.3 Å². The van der Waals surface area contributed by atoms with Gasteiger partial charge in [0.15, 0.2) is 0 Å². The summed E-state index contributed by atoms with van der Waals surface area (Å²) >= 11 is 0. The summed E-state index contributed by atoms with van der Waals surface area (Å²) in [5.41, 5.74) is 0. The van der Waals surface area contributed by atoms with Gasteiger partial charge in [0.2, 0.25) is 5.91 Å². The van der Waals surface area contributed by atoms with Crippen LogP contribution in [0.5, 0.6) is 5.75 Å². The first-order valence-corrected chi connectivity index (χ1v) is 7.46. The summed E-state index contributed by atoms with van der Waals surface area (Å²) in [5, 5.41) is 6.28. The molecule has 0 saturated carbocycles. The monoisotopic (exact) mass is 276 g/mol. The number of hydrogen-bond donors (Lipinski definition) is 2. The van der Waals surface area contributed by atoms with Gasteiger partial charge in [-0.05, 0) is 43.9 Å². The van der Waals surface area contributed by atoms with E-state index in [1.54, 1.807) is 0 Å². The summed E-state index contributed by atoms with van der Waals surface area (Å²) in [6.45, 7) is 4.36. The second-order valence-electron chi connectivity index (χ2n) is 5.36. The largest absolute Gasteiger partial charge is 0.494 e. The van der Waals surface area contributed by atoms with Crippen LogP contribution in [0.15, 0.2) is 30.3 Å². The molecule has 20 heavy (non-hydrogen) atoms. The van der Waals surface area contributed by atoms with Crippen LogP contribution in [0.1, 0.15) is 26.2 Å². The highest BCUT2D eigenvalue weighted by atomic mass is 16.5. The van der Waals surface area contributed by atoms with E-state index in [0.717, 1.165) is 31.6 Å². The lowest BCUT2D eigenvalue weighted by Gasteiger charge is -2.28. The van der Waals surface area contributed by atoms with Crippen molar-refractivity contribution in [3.8, 4) is 5.75 Å². The number of nitrogens with one attached hydrogen (secondary N) is 2. The molecule has 0 spiro atoms. The molecule has 1 heterocycles. The van der Waals surface area contributed by atoms with E-state index >= 15 is 0 Å². The van der Waals surface area contributed by atoms with Gasteiger partial charge in [0.1, 0.15) is 5.75 Å². The molecule has 0 radical (unpaired) electrons. The standard InChI is InChI=1S/C16H24N2O2/c1-13-7-5-10-17-15(13)16(19)18-11-6-12-20-14-8-3-2-4-9-14/h2-4,8-9,13,15,17H,5-7,10-12H2,1H3,(H,18,19). The molecule has 1 aliphatic heterocycles. The predicted octanol–water partition coefficient (Wildman–Crippen LogP) is 1.96. The Morgan fingerprint density at radius 1 is 1.40 bits per heavy atom. The van der Waals surface area contributed by atoms with Gasteiger partial charge < -0.3 is 15.4 Å². The van der Waals surface area contributed by atoms with E-state index < -0.39 is 0 Å². The molecule has 1 aromatic carbocycles. The minimum Gasteiger partial charge on any atom is -0.494 e. The van der Waals surface area contributed by atoms with Gasteiger partial charge in [0.25, 0.3) is 0 Å². The molecule has 0 aromatic heterocycles. The number of hydrogen-bond acceptors (Lipinski definition) is 3. The smallest absolute Gasteiger partial charge is 0.237 e. The van der Waals surface area contributed by atoms with Gasteiger partial charge in [0.05, 0.1) is 12.6 Å². The molecule has 1 saturated heterocycles. The van der Waals surface area contributed by atoms with E-state index in [1.165, 1.54) is 0 Å². The Hall–Kier alpha value is -1.55. The van der Waals surface area contributed by atoms with Gasteiger partial charge in [-0.3, -0.25) is 4.79 Å². The average molecular weight is 276 g/mol. The Balaban J connectivity index is 1.59. The van der Waals surface area contributed by atoms with Crippen molar-refractivity contribution < 1.29 is 9.53 Å². The molecule has 1 aliphatic rings. The van der Waals surface area contributed by atoms with Crippen LogP contribution >= 0.6 is 0 Å². The average Bonchev–Trinajstić information content (AvgIpc) is 2.48. The van der Waals surface area contributed by atoms with E-state index in [0.29, 0.717) is 19.1 Å². The van der Waals surface area contributed by atoms with E-state index in [1.807, 2.05) is 30.3 Å². The summed E-state index contributed by atoms with van der Waals surface area (Å²) in [6.07, 6.45) is 3.11. The van der Waals surface area contributed by atoms with Crippen LogP contribution < -0.4 is 15.4 Å². The lowest BCUT2D eigenvalue weighted by Crippen LogP contribution is -2.51. The van der Waals surface area contributed by atoms with Crippen LogP contribution in [0.2, 0.25) is 0 Å². The zero-order valence-corrected chi connectivity index (χ0v) is 12.1. The summed E-state index contributed by atoms with van der Waals surface area (Å²) < 4.78 is 5.59. The number of piperidine rings is 1. The molecular formula is C16H24N2O2. The molecule has 2 N–H and O–H groups in total. The van der Waals surface area contributed by atoms with E-state index in [9.17, 15) is 4.79 Å². The molecule has 2 atom stereocenters. The number of carbonyl (C=O) groups excluding carboxylic acids is 1. The summed E-state index contributed by atoms with van der Waals surface area (Å²) in [5.74, 6) is 1.42. The van der Waals surface area contributed by atoms with E-state index in [-0.39, 0.29) is 11.9 Å². The zero-order valence-electron chi connectivity index (χ0n) is 12.1. The molecule has 2 unspecified atom stereocenters. The number of para-hydroxylation sites is 1. The molecule has 4 heteroatoms. The van der Waals surface area contributed by atoms with Gasteiger partial charge in [-0.1, -0.05) is 25.1 Å². The van der Waals surface area contributed by atoms with E-state index in [2.05, 4.69) is 17.6 Å². The summed E-state index contributed by atoms with van der Waals surface area (Å²) in [6, 6.07) is 9.71. The van der Waals surface area contributed by atoms with Crippen molar-refractivity contribution in [2.75, 3.05) is 19.7 Å². The summed E-state index contributed by atoms with van der Waals surface area (Å²) in [7, 11) is 0. The molecule has 0 bridgehead atoms. The Kier molecular flexibility index (Phi) is 5.87. The van der Waals surface area contributed by atoms with Crippen LogP contribution in [-0.4, -0.2) is 31.6 Å². The highest BCUT2D eigenvalue weighted by molar-refractivity contribution is 5.82. The third-order valence-electron chi connectivity index (χ3n) is 3.68. The van der Waals surface area contributed by atoms with Gasteiger partial charge in [-0.2, -0.15) is 0 Å². The van der Waals surface area contributed by atoms with Crippen molar-refractivity contribution in [3.63, 3.8) is 0 Å². The normalized spacial score (nSPS) is 22.2. The topological polar surface area (TPSA) is 50.4 Å². The highest BCUT2D eigenvalue weighted by Crippen LogP contribution is 2.15. The van der Waals surface area contributed by atoms with Gasteiger partial charge in [-0.15, -0.1) is 0 Å². The van der Waals surface area contributed by atoms with Crippen molar-refractivity contribution in [2.24, 2.45) is 5.92 Å². The second kappa shape index (κ2) is 7.90. The number of amides is 1. The SMILES string of the molecule is CC1CCCNC1C(=O)NCCCOc1ccccc1. The molecular weight excluding hydrogens is 252 g/mol. The number of ether oxygens (including phenoxy) is 1. The molecule has 1 amide bonds. The van der Waals surface area contributed by atoms with Crippen LogP contribution in [0, 0.1) is 5.92 Å². The minimum atomic E-state index is -0.0289. The van der Waals surface area contributed by atoms with Crippen LogP contribution in [0.3, 0.4) is 0 Å². The molecule has 1 aromatic rings. The first-order chi connectivity index (χ1) is 9.77. The Bertz CT molecular complexity index is 408. The van der Waals surface area contributed by atoms with Crippen LogP contribution in [0.4, 0.5) is 0 Å². The predicted molar refractivity (Wildman–Crippen MR) is 79.8 cm³/mol. The first kappa shape index (κ1) is 14.9. The third kappa shape index (κ3) is 4.53. The zero-order chi connectivity index (χ0) is 14.2. The number of carbonyl (C=O) groups is 1. The van der Waals surface area contributed by atoms with Gasteiger partial charge in [-0.25, -0.2) is 0 Å². The molecule has 0 aliphatic carbocycles.